The number of aliphatic hydroxyl groups excluding tert-OH is 1. The SMILES string of the molecule is OC(c1ccc(Cl)cc1)c1ccc(Br)cc1Cl. The summed E-state index contributed by atoms with van der Waals surface area (Å²) in [4.78, 5) is 0. The van der Waals surface area contributed by atoms with Crippen LogP contribution in [0.4, 0.5) is 0 Å². The Morgan fingerprint density at radius 2 is 1.65 bits per heavy atom. The fraction of sp³-hybridized carbons (Fsp3) is 0.0769. The summed E-state index contributed by atoms with van der Waals surface area (Å²) in [6.45, 7) is 0. The van der Waals surface area contributed by atoms with E-state index in [9.17, 15) is 5.11 Å². The Morgan fingerprint density at radius 1 is 1.00 bits per heavy atom. The highest BCUT2D eigenvalue weighted by molar-refractivity contribution is 9.10. The van der Waals surface area contributed by atoms with E-state index >= 15 is 0 Å². The molecule has 0 saturated heterocycles. The van der Waals surface area contributed by atoms with Crippen molar-refractivity contribution in [1.82, 2.24) is 0 Å². The van der Waals surface area contributed by atoms with Crippen LogP contribution in [0.15, 0.2) is 46.9 Å². The Kier molecular flexibility index (Phi) is 4.10. The Balaban J connectivity index is 2.36. The van der Waals surface area contributed by atoms with Gasteiger partial charge in [-0.2, -0.15) is 0 Å². The Labute approximate surface area is 118 Å². The van der Waals surface area contributed by atoms with Gasteiger partial charge >= 0.3 is 0 Å². The number of hydrogen-bond acceptors (Lipinski definition) is 1. The first-order valence-electron chi connectivity index (χ1n) is 4.96. The van der Waals surface area contributed by atoms with E-state index in [2.05, 4.69) is 15.9 Å². The van der Waals surface area contributed by atoms with Gasteiger partial charge in [-0.15, -0.1) is 0 Å². The van der Waals surface area contributed by atoms with Crippen molar-refractivity contribution >= 4 is 39.1 Å². The van der Waals surface area contributed by atoms with Crippen LogP contribution in [0.5, 0.6) is 0 Å². The normalized spacial score (nSPS) is 12.5. The first-order chi connectivity index (χ1) is 8.08. The molecule has 2 aromatic carbocycles. The van der Waals surface area contributed by atoms with E-state index in [1.54, 1.807) is 36.4 Å². The summed E-state index contributed by atoms with van der Waals surface area (Å²) in [6.07, 6.45) is -0.743. The molecule has 17 heavy (non-hydrogen) atoms. The Morgan fingerprint density at radius 3 is 2.24 bits per heavy atom. The largest absolute Gasteiger partial charge is 0.384 e. The molecule has 0 aromatic heterocycles. The monoisotopic (exact) mass is 330 g/mol. The number of benzene rings is 2. The summed E-state index contributed by atoms with van der Waals surface area (Å²) in [5.41, 5.74) is 1.44. The molecule has 0 spiro atoms. The van der Waals surface area contributed by atoms with Crippen LogP contribution in [0, 0.1) is 0 Å². The minimum atomic E-state index is -0.743. The lowest BCUT2D eigenvalue weighted by molar-refractivity contribution is 0.220. The molecule has 0 aliphatic carbocycles. The van der Waals surface area contributed by atoms with Crippen LogP contribution >= 0.6 is 39.1 Å². The first-order valence-corrected chi connectivity index (χ1v) is 6.51. The maximum atomic E-state index is 10.2. The predicted octanol–water partition coefficient (Wildman–Crippen LogP) is 4.84. The fourth-order valence-electron chi connectivity index (χ4n) is 1.55. The lowest BCUT2D eigenvalue weighted by Crippen LogP contribution is -2.00. The van der Waals surface area contributed by atoms with Crippen molar-refractivity contribution in [2.24, 2.45) is 0 Å². The third-order valence-electron chi connectivity index (χ3n) is 2.44. The second kappa shape index (κ2) is 5.40. The Bertz CT molecular complexity index is 525. The lowest BCUT2D eigenvalue weighted by atomic mass is 10.0. The summed E-state index contributed by atoms with van der Waals surface area (Å²) < 4.78 is 0.884. The summed E-state index contributed by atoms with van der Waals surface area (Å²) in [5.74, 6) is 0. The van der Waals surface area contributed by atoms with Crippen LogP contribution in [0.3, 0.4) is 0 Å². The molecule has 0 fully saturated rings. The molecule has 0 radical (unpaired) electrons. The van der Waals surface area contributed by atoms with E-state index in [1.165, 1.54) is 0 Å². The van der Waals surface area contributed by atoms with Crippen LogP contribution in [0.2, 0.25) is 10.0 Å². The van der Waals surface area contributed by atoms with Crippen molar-refractivity contribution in [1.29, 1.82) is 0 Å². The van der Waals surface area contributed by atoms with E-state index in [4.69, 9.17) is 23.2 Å². The van der Waals surface area contributed by atoms with Gasteiger partial charge in [0, 0.05) is 20.1 Å². The Hall–Kier alpha value is -0.540. The van der Waals surface area contributed by atoms with Crippen molar-refractivity contribution in [3.63, 3.8) is 0 Å². The van der Waals surface area contributed by atoms with Crippen molar-refractivity contribution < 1.29 is 5.11 Å². The zero-order valence-corrected chi connectivity index (χ0v) is 11.8. The number of aliphatic hydroxyl groups is 1. The molecule has 0 aliphatic rings. The van der Waals surface area contributed by atoms with E-state index in [0.717, 1.165) is 10.0 Å². The smallest absolute Gasteiger partial charge is 0.105 e. The molecule has 2 aromatic rings. The van der Waals surface area contributed by atoms with Gasteiger partial charge in [0.2, 0.25) is 0 Å². The van der Waals surface area contributed by atoms with Crippen LogP contribution in [0.1, 0.15) is 17.2 Å². The molecule has 0 heterocycles. The quantitative estimate of drug-likeness (QED) is 0.835. The average Bonchev–Trinajstić information content (AvgIpc) is 2.29. The zero-order valence-electron chi connectivity index (χ0n) is 8.70. The summed E-state index contributed by atoms with van der Waals surface area (Å²) >= 11 is 15.2. The molecular weight excluding hydrogens is 323 g/mol. The van der Waals surface area contributed by atoms with Gasteiger partial charge in [-0.3, -0.25) is 0 Å². The third kappa shape index (κ3) is 3.02. The molecule has 1 atom stereocenters. The number of hydrogen-bond donors (Lipinski definition) is 1. The van der Waals surface area contributed by atoms with Gasteiger partial charge < -0.3 is 5.11 Å². The molecule has 1 N–H and O–H groups in total. The standard InChI is InChI=1S/C13H9BrCl2O/c14-9-3-6-11(12(16)7-9)13(17)8-1-4-10(15)5-2-8/h1-7,13,17H. The van der Waals surface area contributed by atoms with E-state index < -0.39 is 6.10 Å². The summed E-state index contributed by atoms with van der Waals surface area (Å²) in [5, 5.41) is 11.4. The highest BCUT2D eigenvalue weighted by Crippen LogP contribution is 2.30. The molecule has 4 heteroatoms. The predicted molar refractivity (Wildman–Crippen MR) is 74.7 cm³/mol. The molecule has 88 valence electrons. The van der Waals surface area contributed by atoms with Crippen LogP contribution in [-0.2, 0) is 0 Å². The van der Waals surface area contributed by atoms with Crippen LogP contribution in [-0.4, -0.2) is 5.11 Å². The van der Waals surface area contributed by atoms with Crippen LogP contribution in [0.25, 0.3) is 0 Å². The minimum absolute atomic E-state index is 0.529. The van der Waals surface area contributed by atoms with Crippen molar-refractivity contribution in [2.45, 2.75) is 6.10 Å². The zero-order chi connectivity index (χ0) is 12.4. The maximum absolute atomic E-state index is 10.2. The highest BCUT2D eigenvalue weighted by atomic mass is 79.9. The molecule has 1 nitrogen and oxygen atoms in total. The molecule has 0 saturated carbocycles. The first kappa shape index (κ1) is 12.9. The summed E-state index contributed by atoms with van der Waals surface area (Å²) in [6, 6.07) is 12.5. The van der Waals surface area contributed by atoms with Gasteiger partial charge in [-0.05, 0) is 29.8 Å². The molecule has 1 unspecified atom stereocenters. The second-order valence-electron chi connectivity index (χ2n) is 3.62. The van der Waals surface area contributed by atoms with Gasteiger partial charge in [-0.1, -0.05) is 57.3 Å². The summed E-state index contributed by atoms with van der Waals surface area (Å²) in [7, 11) is 0. The molecule has 0 amide bonds. The minimum Gasteiger partial charge on any atom is -0.384 e. The maximum Gasteiger partial charge on any atom is 0.105 e. The van der Waals surface area contributed by atoms with Gasteiger partial charge in [0.15, 0.2) is 0 Å². The van der Waals surface area contributed by atoms with E-state index in [0.29, 0.717) is 15.6 Å². The van der Waals surface area contributed by atoms with Crippen molar-refractivity contribution in [2.75, 3.05) is 0 Å². The second-order valence-corrected chi connectivity index (χ2v) is 5.38. The molecule has 0 bridgehead atoms. The van der Waals surface area contributed by atoms with Gasteiger partial charge in [-0.25, -0.2) is 0 Å². The highest BCUT2D eigenvalue weighted by Gasteiger charge is 2.13. The molecular formula is C13H9BrCl2O. The molecule has 2 rings (SSSR count). The van der Waals surface area contributed by atoms with Gasteiger partial charge in [0.05, 0.1) is 0 Å². The number of halogens is 3. The van der Waals surface area contributed by atoms with E-state index in [-0.39, 0.29) is 0 Å². The van der Waals surface area contributed by atoms with Crippen LogP contribution < -0.4 is 0 Å². The fourth-order valence-corrected chi connectivity index (χ4v) is 2.45. The van der Waals surface area contributed by atoms with E-state index in [1.807, 2.05) is 6.07 Å². The third-order valence-corrected chi connectivity index (χ3v) is 3.52. The number of rotatable bonds is 2. The van der Waals surface area contributed by atoms with Crippen molar-refractivity contribution in [3.8, 4) is 0 Å². The van der Waals surface area contributed by atoms with Gasteiger partial charge in [0.1, 0.15) is 6.10 Å². The lowest BCUT2D eigenvalue weighted by Gasteiger charge is -2.13. The van der Waals surface area contributed by atoms with Gasteiger partial charge in [0.25, 0.3) is 0 Å². The topological polar surface area (TPSA) is 20.2 Å². The van der Waals surface area contributed by atoms with Crippen molar-refractivity contribution in [3.05, 3.63) is 68.1 Å². The molecule has 0 aliphatic heterocycles. The average molecular weight is 332 g/mol.